The fourth-order valence-corrected chi connectivity index (χ4v) is 5.20. The van der Waals surface area contributed by atoms with Gasteiger partial charge in [0, 0.05) is 38.2 Å². The highest BCUT2D eigenvalue weighted by Gasteiger charge is 2.35. The van der Waals surface area contributed by atoms with Crippen LogP contribution < -0.4 is 10.6 Å². The summed E-state index contributed by atoms with van der Waals surface area (Å²) in [6, 6.07) is 3.70. The summed E-state index contributed by atoms with van der Waals surface area (Å²) in [5.41, 5.74) is 2.54. The maximum atomic E-state index is 14.0. The number of carbonyl (C=O) groups excluding carboxylic acids is 1. The normalized spacial score (nSPS) is 21.7. The van der Waals surface area contributed by atoms with Crippen molar-refractivity contribution >= 4 is 11.8 Å². The molecule has 0 radical (unpaired) electrons. The number of hydrogen-bond acceptors (Lipinski definition) is 4. The molecule has 2 aromatic rings. The third-order valence-electron chi connectivity index (χ3n) is 7.23. The molecule has 2 heterocycles. The minimum atomic E-state index is -0.876. The number of aryl methyl sites for hydroxylation is 1. The van der Waals surface area contributed by atoms with Crippen LogP contribution in [0.1, 0.15) is 60.9 Å². The Labute approximate surface area is 199 Å². The average molecular weight is 476 g/mol. The predicted octanol–water partition coefficient (Wildman–Crippen LogP) is 4.52. The number of anilines is 1. The van der Waals surface area contributed by atoms with E-state index in [1.807, 2.05) is 18.5 Å². The van der Waals surface area contributed by atoms with Crippen molar-refractivity contribution in [3.8, 4) is 0 Å². The molecule has 0 spiro atoms. The first-order valence-electron chi connectivity index (χ1n) is 12.2. The van der Waals surface area contributed by atoms with Gasteiger partial charge in [0.1, 0.15) is 5.82 Å². The van der Waals surface area contributed by atoms with Crippen molar-refractivity contribution in [1.29, 1.82) is 0 Å². The lowest BCUT2D eigenvalue weighted by atomic mass is 9.94. The Morgan fingerprint density at radius 2 is 1.91 bits per heavy atom. The topological polar surface area (TPSA) is 71.4 Å². The molecule has 7 nitrogen and oxygen atoms in total. The Balaban J connectivity index is 1.50. The zero-order chi connectivity index (χ0) is 24.2. The van der Waals surface area contributed by atoms with Crippen LogP contribution in [0.5, 0.6) is 0 Å². The molecule has 2 fully saturated rings. The van der Waals surface area contributed by atoms with Crippen LogP contribution in [0.4, 0.5) is 19.4 Å². The number of nitrogens with one attached hydrogen (secondary N) is 2. The zero-order valence-electron chi connectivity index (χ0n) is 20.2. The van der Waals surface area contributed by atoms with E-state index in [9.17, 15) is 13.6 Å². The number of rotatable bonds is 7. The molecule has 2 amide bonds. The van der Waals surface area contributed by atoms with Crippen molar-refractivity contribution in [1.82, 2.24) is 20.0 Å². The van der Waals surface area contributed by atoms with Gasteiger partial charge in [0.15, 0.2) is 11.6 Å². The Hall–Kier alpha value is -2.52. The molecule has 1 aliphatic carbocycles. The van der Waals surface area contributed by atoms with Gasteiger partial charge in [0.25, 0.3) is 0 Å². The summed E-state index contributed by atoms with van der Waals surface area (Å²) in [6.45, 7) is 6.41. The number of aromatic nitrogens is 2. The van der Waals surface area contributed by atoms with Crippen molar-refractivity contribution in [3.05, 3.63) is 46.7 Å². The molecule has 1 aromatic heterocycles. The van der Waals surface area contributed by atoms with Crippen LogP contribution >= 0.6 is 0 Å². The van der Waals surface area contributed by atoms with Gasteiger partial charge in [0.05, 0.1) is 24.4 Å². The van der Waals surface area contributed by atoms with Gasteiger partial charge in [-0.2, -0.15) is 5.10 Å². The Kier molecular flexibility index (Phi) is 7.83. The highest BCUT2D eigenvalue weighted by molar-refractivity contribution is 5.89. The van der Waals surface area contributed by atoms with Crippen molar-refractivity contribution in [3.63, 3.8) is 0 Å². The van der Waals surface area contributed by atoms with E-state index in [0.717, 1.165) is 36.0 Å². The van der Waals surface area contributed by atoms with Crippen LogP contribution in [0.15, 0.2) is 18.2 Å². The molecule has 4 rings (SSSR count). The van der Waals surface area contributed by atoms with Crippen LogP contribution in [-0.2, 0) is 4.74 Å². The molecule has 2 N–H and O–H groups in total. The molecule has 34 heavy (non-hydrogen) atoms. The number of ether oxygens (including phenoxy) is 1. The lowest BCUT2D eigenvalue weighted by Gasteiger charge is -2.25. The van der Waals surface area contributed by atoms with Crippen molar-refractivity contribution in [2.45, 2.75) is 64.0 Å². The van der Waals surface area contributed by atoms with Crippen LogP contribution in [0, 0.1) is 25.5 Å². The summed E-state index contributed by atoms with van der Waals surface area (Å²) in [6.07, 6.45) is 5.71. The number of carbonyl (C=O) groups is 1. The van der Waals surface area contributed by atoms with Crippen molar-refractivity contribution in [2.24, 2.45) is 0 Å². The molecule has 1 aromatic carbocycles. The van der Waals surface area contributed by atoms with Crippen LogP contribution in [0.2, 0.25) is 0 Å². The third kappa shape index (κ3) is 5.41. The van der Waals surface area contributed by atoms with Gasteiger partial charge < -0.3 is 10.1 Å². The van der Waals surface area contributed by atoms with Crippen LogP contribution in [0.3, 0.4) is 0 Å². The molecule has 1 aliphatic heterocycles. The number of methoxy groups -OCH3 is 1. The third-order valence-corrected chi connectivity index (χ3v) is 7.23. The second-order valence-electron chi connectivity index (χ2n) is 9.53. The molecule has 1 saturated carbocycles. The van der Waals surface area contributed by atoms with E-state index in [-0.39, 0.29) is 18.0 Å². The maximum Gasteiger partial charge on any atom is 0.320 e. The molecule has 186 valence electrons. The smallest absolute Gasteiger partial charge is 0.320 e. The SMILES string of the molecule is COCCN1C[C@@H](NC(=O)Nc2c(C)c(C)nn2C2CCCCC2)[C@H](c2ccc(F)c(F)c2)C1. The van der Waals surface area contributed by atoms with E-state index < -0.39 is 11.6 Å². The quantitative estimate of drug-likeness (QED) is 0.618. The Morgan fingerprint density at radius 1 is 1.15 bits per heavy atom. The molecule has 9 heteroatoms. The number of halogens is 2. The van der Waals surface area contributed by atoms with Gasteiger partial charge in [-0.25, -0.2) is 18.3 Å². The van der Waals surface area contributed by atoms with Crippen LogP contribution in [-0.4, -0.2) is 60.1 Å². The zero-order valence-corrected chi connectivity index (χ0v) is 20.2. The van der Waals surface area contributed by atoms with Gasteiger partial charge >= 0.3 is 6.03 Å². The lowest BCUT2D eigenvalue weighted by molar-refractivity contribution is 0.159. The predicted molar refractivity (Wildman–Crippen MR) is 127 cm³/mol. The van der Waals surface area contributed by atoms with E-state index in [4.69, 9.17) is 9.84 Å². The minimum Gasteiger partial charge on any atom is -0.383 e. The summed E-state index contributed by atoms with van der Waals surface area (Å²) in [5.74, 6) is -1.18. The Morgan fingerprint density at radius 3 is 2.62 bits per heavy atom. The van der Waals surface area contributed by atoms with Crippen molar-refractivity contribution < 1.29 is 18.3 Å². The molecule has 2 aliphatic rings. The first-order valence-corrected chi connectivity index (χ1v) is 12.2. The average Bonchev–Trinajstić information content (AvgIpc) is 3.35. The summed E-state index contributed by atoms with van der Waals surface area (Å²) in [5, 5.41) is 10.9. The van der Waals surface area contributed by atoms with E-state index >= 15 is 0 Å². The lowest BCUT2D eigenvalue weighted by Crippen LogP contribution is -2.42. The van der Waals surface area contributed by atoms with E-state index in [2.05, 4.69) is 15.5 Å². The molecule has 2 atom stereocenters. The van der Waals surface area contributed by atoms with Gasteiger partial charge in [-0.1, -0.05) is 25.3 Å². The standard InChI is InChI=1S/C25H35F2N5O2/c1-16-17(2)30-32(19-7-5-4-6-8-19)24(16)29-25(33)28-23-15-31(11-12-34-3)14-20(23)18-9-10-21(26)22(27)13-18/h9-10,13,19-20,23H,4-8,11-12,14-15H2,1-3H3,(H2,28,29,33)/t20-,23+/m0/s1. The summed E-state index contributed by atoms with van der Waals surface area (Å²) in [7, 11) is 1.64. The maximum absolute atomic E-state index is 14.0. The fraction of sp³-hybridized carbons (Fsp3) is 0.600. The minimum absolute atomic E-state index is 0.163. The Bertz CT molecular complexity index is 1010. The van der Waals surface area contributed by atoms with E-state index in [1.165, 1.54) is 25.3 Å². The van der Waals surface area contributed by atoms with Gasteiger partial charge in [0.2, 0.25) is 0 Å². The number of benzene rings is 1. The van der Waals surface area contributed by atoms with Gasteiger partial charge in [-0.3, -0.25) is 10.2 Å². The summed E-state index contributed by atoms with van der Waals surface area (Å²) < 4.78 is 34.7. The highest BCUT2D eigenvalue weighted by Crippen LogP contribution is 2.33. The summed E-state index contributed by atoms with van der Waals surface area (Å²) in [4.78, 5) is 15.3. The van der Waals surface area contributed by atoms with Gasteiger partial charge in [-0.05, 0) is 44.4 Å². The van der Waals surface area contributed by atoms with Crippen molar-refractivity contribution in [2.75, 3.05) is 38.7 Å². The number of amides is 2. The molecule has 0 bridgehead atoms. The molecular weight excluding hydrogens is 440 g/mol. The van der Waals surface area contributed by atoms with Gasteiger partial charge in [-0.15, -0.1) is 0 Å². The number of nitrogens with zero attached hydrogens (tertiary/aromatic N) is 3. The monoisotopic (exact) mass is 475 g/mol. The molecular formula is C25H35F2N5O2. The number of urea groups is 1. The second-order valence-corrected chi connectivity index (χ2v) is 9.53. The molecule has 0 unspecified atom stereocenters. The summed E-state index contributed by atoms with van der Waals surface area (Å²) >= 11 is 0. The fourth-order valence-electron chi connectivity index (χ4n) is 5.20. The highest BCUT2D eigenvalue weighted by atomic mass is 19.2. The number of likely N-dealkylation sites (tertiary alicyclic amines) is 1. The molecule has 1 saturated heterocycles. The first-order chi connectivity index (χ1) is 16.4. The largest absolute Gasteiger partial charge is 0.383 e. The van der Waals surface area contributed by atoms with E-state index in [0.29, 0.717) is 37.8 Å². The van der Waals surface area contributed by atoms with E-state index in [1.54, 1.807) is 13.2 Å². The van der Waals surface area contributed by atoms with Crippen LogP contribution in [0.25, 0.3) is 0 Å². The first kappa shape index (κ1) is 24.6. The number of hydrogen-bond donors (Lipinski definition) is 2. The second kappa shape index (κ2) is 10.8.